The second kappa shape index (κ2) is 5.64. The van der Waals surface area contributed by atoms with E-state index in [-0.39, 0.29) is 12.5 Å². The lowest BCUT2D eigenvalue weighted by molar-refractivity contribution is 0.0330. The molecule has 2 N–H and O–H groups in total. The Kier molecular flexibility index (Phi) is 4.11. The van der Waals surface area contributed by atoms with E-state index < -0.39 is 5.60 Å². The number of halogens is 1. The first kappa shape index (κ1) is 14.6. The first-order chi connectivity index (χ1) is 9.40. The Bertz CT molecular complexity index is 609. The van der Waals surface area contributed by atoms with E-state index in [1.54, 1.807) is 38.1 Å². The van der Waals surface area contributed by atoms with Gasteiger partial charge in [-0.1, -0.05) is 11.6 Å². The third kappa shape index (κ3) is 3.18. The van der Waals surface area contributed by atoms with Crippen LogP contribution in [0.5, 0.6) is 0 Å². The molecule has 2 heterocycles. The molecular weight excluding hydrogens is 280 g/mol. The fourth-order valence-electron chi connectivity index (χ4n) is 1.79. The van der Waals surface area contributed by atoms with E-state index in [2.05, 4.69) is 10.3 Å². The first-order valence-corrected chi connectivity index (χ1v) is 6.45. The molecule has 2 rings (SSSR count). The van der Waals surface area contributed by atoms with Crippen molar-refractivity contribution in [2.24, 2.45) is 0 Å². The lowest BCUT2D eigenvalue weighted by Gasteiger charge is -2.21. The van der Waals surface area contributed by atoms with Crippen LogP contribution in [0.15, 0.2) is 34.9 Å². The SMILES string of the molecule is Cc1nc(Cl)ccc1C(=O)NCC(C)(O)c1ccco1. The van der Waals surface area contributed by atoms with Crippen molar-refractivity contribution >= 4 is 17.5 Å². The summed E-state index contributed by atoms with van der Waals surface area (Å²) in [4.78, 5) is 16.1. The van der Waals surface area contributed by atoms with Gasteiger partial charge in [-0.25, -0.2) is 4.98 Å². The molecule has 0 radical (unpaired) electrons. The van der Waals surface area contributed by atoms with Gasteiger partial charge < -0.3 is 14.8 Å². The maximum atomic E-state index is 12.1. The van der Waals surface area contributed by atoms with Gasteiger partial charge in [0.15, 0.2) is 0 Å². The molecule has 0 aliphatic carbocycles. The first-order valence-electron chi connectivity index (χ1n) is 6.08. The molecule has 2 aromatic rings. The topological polar surface area (TPSA) is 75.4 Å². The van der Waals surface area contributed by atoms with Crippen LogP contribution in [0.2, 0.25) is 5.15 Å². The second-order valence-electron chi connectivity index (χ2n) is 4.70. The van der Waals surface area contributed by atoms with Gasteiger partial charge in [0.05, 0.1) is 24.1 Å². The molecule has 0 saturated heterocycles. The van der Waals surface area contributed by atoms with Crippen molar-refractivity contribution < 1.29 is 14.3 Å². The van der Waals surface area contributed by atoms with Gasteiger partial charge in [0.1, 0.15) is 16.5 Å². The van der Waals surface area contributed by atoms with Crippen LogP contribution in [-0.2, 0) is 5.60 Å². The highest BCUT2D eigenvalue weighted by molar-refractivity contribution is 6.29. The third-order valence-electron chi connectivity index (χ3n) is 2.94. The Hall–Kier alpha value is -1.85. The monoisotopic (exact) mass is 294 g/mol. The molecule has 106 valence electrons. The fraction of sp³-hybridized carbons (Fsp3) is 0.286. The van der Waals surface area contributed by atoms with Crippen LogP contribution in [-0.4, -0.2) is 22.5 Å². The number of rotatable bonds is 4. The third-order valence-corrected chi connectivity index (χ3v) is 3.15. The molecule has 1 atom stereocenters. The second-order valence-corrected chi connectivity index (χ2v) is 5.09. The van der Waals surface area contributed by atoms with Gasteiger partial charge in [-0.2, -0.15) is 0 Å². The number of hydrogen-bond acceptors (Lipinski definition) is 4. The molecule has 20 heavy (non-hydrogen) atoms. The van der Waals surface area contributed by atoms with Crippen LogP contribution in [0.4, 0.5) is 0 Å². The van der Waals surface area contributed by atoms with E-state index in [0.717, 1.165) is 0 Å². The van der Waals surface area contributed by atoms with Crippen LogP contribution in [0.1, 0.15) is 28.7 Å². The highest BCUT2D eigenvalue weighted by atomic mass is 35.5. The molecule has 0 saturated carbocycles. The molecular formula is C14H15ClN2O3. The summed E-state index contributed by atoms with van der Waals surface area (Å²) in [6, 6.07) is 6.48. The van der Waals surface area contributed by atoms with E-state index in [9.17, 15) is 9.90 Å². The van der Waals surface area contributed by atoms with Crippen LogP contribution in [0.25, 0.3) is 0 Å². The molecule has 0 fully saturated rings. The van der Waals surface area contributed by atoms with Crippen molar-refractivity contribution in [1.82, 2.24) is 10.3 Å². The van der Waals surface area contributed by atoms with Crippen molar-refractivity contribution in [2.45, 2.75) is 19.4 Å². The van der Waals surface area contributed by atoms with Crippen LogP contribution in [0.3, 0.4) is 0 Å². The number of carbonyl (C=O) groups is 1. The fourth-order valence-corrected chi connectivity index (χ4v) is 1.98. The molecule has 0 bridgehead atoms. The molecule has 1 amide bonds. The smallest absolute Gasteiger partial charge is 0.253 e. The highest BCUT2D eigenvalue weighted by Crippen LogP contribution is 2.20. The zero-order valence-corrected chi connectivity index (χ0v) is 11.9. The Balaban J connectivity index is 2.05. The Labute approximate surface area is 121 Å². The van der Waals surface area contributed by atoms with E-state index >= 15 is 0 Å². The van der Waals surface area contributed by atoms with Crippen LogP contribution in [0, 0.1) is 6.92 Å². The number of aromatic nitrogens is 1. The van der Waals surface area contributed by atoms with Gasteiger partial charge in [-0.05, 0) is 38.1 Å². The van der Waals surface area contributed by atoms with Gasteiger partial charge in [-0.15, -0.1) is 0 Å². The molecule has 1 unspecified atom stereocenters. The van der Waals surface area contributed by atoms with Crippen molar-refractivity contribution in [1.29, 1.82) is 0 Å². The molecule has 0 aliphatic heterocycles. The number of aryl methyl sites for hydroxylation is 1. The molecule has 0 spiro atoms. The molecule has 0 aliphatic rings. The van der Waals surface area contributed by atoms with Crippen molar-refractivity contribution in [2.75, 3.05) is 6.54 Å². The molecule has 2 aromatic heterocycles. The van der Waals surface area contributed by atoms with Crippen molar-refractivity contribution in [3.05, 3.63) is 52.7 Å². The van der Waals surface area contributed by atoms with E-state index in [1.165, 1.54) is 6.26 Å². The van der Waals surface area contributed by atoms with Gasteiger partial charge in [-0.3, -0.25) is 4.79 Å². The summed E-state index contributed by atoms with van der Waals surface area (Å²) in [5.74, 6) is 0.0715. The summed E-state index contributed by atoms with van der Waals surface area (Å²) in [5, 5.41) is 13.2. The number of pyridine rings is 1. The van der Waals surface area contributed by atoms with Gasteiger partial charge >= 0.3 is 0 Å². The Morgan fingerprint density at radius 1 is 1.50 bits per heavy atom. The van der Waals surface area contributed by atoms with Crippen molar-refractivity contribution in [3.8, 4) is 0 Å². The standard InChI is InChI=1S/C14H15ClN2O3/c1-9-10(5-6-12(15)17-9)13(18)16-8-14(2,19)11-4-3-7-20-11/h3-7,19H,8H2,1-2H3,(H,16,18). The number of carbonyl (C=O) groups excluding carboxylic acids is 1. The van der Waals surface area contributed by atoms with Gasteiger partial charge in [0.2, 0.25) is 0 Å². The summed E-state index contributed by atoms with van der Waals surface area (Å²) in [6.07, 6.45) is 1.47. The Morgan fingerprint density at radius 2 is 2.25 bits per heavy atom. The summed E-state index contributed by atoms with van der Waals surface area (Å²) in [5.41, 5.74) is -0.315. The normalized spacial score (nSPS) is 13.8. The zero-order valence-electron chi connectivity index (χ0n) is 11.2. The summed E-state index contributed by atoms with van der Waals surface area (Å²) < 4.78 is 5.14. The number of aliphatic hydroxyl groups is 1. The maximum absolute atomic E-state index is 12.1. The summed E-state index contributed by atoms with van der Waals surface area (Å²) in [6.45, 7) is 3.30. The van der Waals surface area contributed by atoms with Crippen LogP contribution < -0.4 is 5.32 Å². The minimum absolute atomic E-state index is 0.0292. The van der Waals surface area contributed by atoms with E-state index in [1.807, 2.05) is 0 Å². The van der Waals surface area contributed by atoms with Gasteiger partial charge in [0, 0.05) is 0 Å². The van der Waals surface area contributed by atoms with E-state index in [0.29, 0.717) is 22.2 Å². The quantitative estimate of drug-likeness (QED) is 0.848. The average molecular weight is 295 g/mol. The minimum Gasteiger partial charge on any atom is -0.466 e. The van der Waals surface area contributed by atoms with Gasteiger partial charge in [0.25, 0.3) is 5.91 Å². The summed E-state index contributed by atoms with van der Waals surface area (Å²) >= 11 is 5.74. The number of amides is 1. The molecule has 0 aromatic carbocycles. The van der Waals surface area contributed by atoms with E-state index in [4.69, 9.17) is 16.0 Å². The van der Waals surface area contributed by atoms with Crippen LogP contribution >= 0.6 is 11.6 Å². The average Bonchev–Trinajstić information content (AvgIpc) is 2.90. The number of nitrogens with zero attached hydrogens (tertiary/aromatic N) is 1. The lowest BCUT2D eigenvalue weighted by atomic mass is 10.0. The molecule has 5 nitrogen and oxygen atoms in total. The predicted octanol–water partition coefficient (Wildman–Crippen LogP) is 2.27. The molecule has 6 heteroatoms. The highest BCUT2D eigenvalue weighted by Gasteiger charge is 2.27. The lowest BCUT2D eigenvalue weighted by Crippen LogP contribution is -2.38. The summed E-state index contributed by atoms with van der Waals surface area (Å²) in [7, 11) is 0. The predicted molar refractivity (Wildman–Crippen MR) is 74.6 cm³/mol. The Morgan fingerprint density at radius 3 is 2.85 bits per heavy atom. The largest absolute Gasteiger partial charge is 0.466 e. The van der Waals surface area contributed by atoms with Crippen molar-refractivity contribution in [3.63, 3.8) is 0 Å². The number of nitrogens with one attached hydrogen (secondary N) is 1. The zero-order chi connectivity index (χ0) is 14.8. The number of furan rings is 1. The minimum atomic E-state index is -1.27. The maximum Gasteiger partial charge on any atom is 0.253 e. The number of hydrogen-bond donors (Lipinski definition) is 2.